The minimum atomic E-state index is -0.536. The number of rotatable bonds is 7. The van der Waals surface area contributed by atoms with Crippen molar-refractivity contribution in [3.63, 3.8) is 0 Å². The molecule has 43 heavy (non-hydrogen) atoms. The van der Waals surface area contributed by atoms with Crippen LogP contribution >= 0.6 is 0 Å². The van der Waals surface area contributed by atoms with Crippen LogP contribution in [0.25, 0.3) is 10.9 Å². The fourth-order valence-corrected chi connectivity index (χ4v) is 4.92. The van der Waals surface area contributed by atoms with Crippen molar-refractivity contribution in [2.45, 2.75) is 45.8 Å². The van der Waals surface area contributed by atoms with E-state index in [2.05, 4.69) is 4.98 Å². The summed E-state index contributed by atoms with van der Waals surface area (Å²) in [6, 6.07) is 22.6. The molecule has 5 rings (SSSR count). The number of aromatic amines is 1. The second kappa shape index (κ2) is 11.4. The molecule has 0 bridgehead atoms. The minimum absolute atomic E-state index is 0.00903. The molecular weight excluding hydrogens is 543 g/mol. The molecule has 0 aliphatic carbocycles. The zero-order chi connectivity index (χ0) is 31.1. The summed E-state index contributed by atoms with van der Waals surface area (Å²) in [4.78, 5) is 35.6. The van der Waals surface area contributed by atoms with Gasteiger partial charge in [-0.1, -0.05) is 42.5 Å². The lowest BCUT2D eigenvalue weighted by molar-refractivity contribution is -0.129. The maximum absolute atomic E-state index is 12.3. The minimum Gasteiger partial charge on any atom is -0.494 e. The molecule has 10 heteroatoms. The highest BCUT2D eigenvalue weighted by Gasteiger charge is 2.51. The second-order valence-corrected chi connectivity index (χ2v) is 12.0. The summed E-state index contributed by atoms with van der Waals surface area (Å²) in [5, 5.41) is 12.0. The Kier molecular flexibility index (Phi) is 7.94. The Balaban J connectivity index is 1.53. The number of aliphatic imine (C=N–C) groups is 1. The van der Waals surface area contributed by atoms with Crippen LogP contribution in [-0.4, -0.2) is 71.5 Å². The molecule has 0 radical (unpaired) electrons. The number of aromatic hydroxyl groups is 1. The van der Waals surface area contributed by atoms with Crippen LogP contribution < -0.4 is 10.4 Å². The second-order valence-electron chi connectivity index (χ2n) is 12.0. The van der Waals surface area contributed by atoms with E-state index < -0.39 is 18.3 Å². The number of hydrogen-bond donors (Lipinski definition) is 2. The van der Waals surface area contributed by atoms with Gasteiger partial charge in [0.05, 0.1) is 28.2 Å². The van der Waals surface area contributed by atoms with Crippen LogP contribution in [0, 0.1) is 0 Å². The molecule has 0 unspecified atom stereocenters. The zero-order valence-electron chi connectivity index (χ0n) is 25.6. The normalized spacial score (nSPS) is 16.0. The average molecular weight is 580 g/mol. The number of hydrogen-bond acceptors (Lipinski definition) is 6. The number of anilines is 1. The monoisotopic (exact) mass is 580 g/mol. The molecule has 1 aromatic heterocycles. The van der Waals surface area contributed by atoms with Crippen LogP contribution in [0.15, 0.2) is 77.8 Å². The molecule has 0 spiro atoms. The van der Waals surface area contributed by atoms with Gasteiger partial charge < -0.3 is 29.2 Å². The smallest absolute Gasteiger partial charge is 0.494 e. The Labute approximate surface area is 252 Å². The molecule has 1 saturated heterocycles. The Morgan fingerprint density at radius 1 is 0.930 bits per heavy atom. The molecule has 3 aromatic carbocycles. The molecule has 2 amide bonds. The van der Waals surface area contributed by atoms with E-state index in [-0.39, 0.29) is 24.2 Å². The first-order valence-corrected chi connectivity index (χ1v) is 14.2. The first-order valence-electron chi connectivity index (χ1n) is 14.2. The van der Waals surface area contributed by atoms with Gasteiger partial charge in [0.15, 0.2) is 5.88 Å². The van der Waals surface area contributed by atoms with Crippen LogP contribution in [0.1, 0.15) is 45.7 Å². The van der Waals surface area contributed by atoms with Crippen molar-refractivity contribution in [3.05, 3.63) is 83.9 Å². The number of carbonyl (C=O) groups excluding carboxylic acids is 2. The molecule has 222 valence electrons. The first-order chi connectivity index (χ1) is 20.3. The molecular formula is C33H37BN4O5. The Hall–Kier alpha value is -4.41. The number of aromatic nitrogens is 1. The van der Waals surface area contributed by atoms with E-state index in [4.69, 9.17) is 14.3 Å². The van der Waals surface area contributed by atoms with Gasteiger partial charge in [-0.25, -0.2) is 4.99 Å². The number of fused-ring (bicyclic) bond motifs is 1. The summed E-state index contributed by atoms with van der Waals surface area (Å²) in [5.41, 5.74) is 3.79. The molecule has 9 nitrogen and oxygen atoms in total. The number of nitrogens with zero attached hydrogens (tertiary/aromatic N) is 3. The van der Waals surface area contributed by atoms with Crippen molar-refractivity contribution in [2.75, 3.05) is 25.5 Å². The standard InChI is InChI=1S/C33H37BN4O5/c1-21(39)38(20-28(40)37(6)7)25-16-14-24(15-17-25)35-30(22-11-9-8-10-12-22)29-26-18-13-23(19-27(26)36-31(29)41)34-42-32(2,3)33(4,5)43-34/h8-19,36,41H,20H2,1-7H3. The van der Waals surface area contributed by atoms with Gasteiger partial charge in [-0.3, -0.25) is 9.59 Å². The molecule has 2 N–H and O–H groups in total. The molecule has 0 atom stereocenters. The van der Waals surface area contributed by atoms with E-state index in [9.17, 15) is 14.7 Å². The predicted molar refractivity (Wildman–Crippen MR) is 171 cm³/mol. The van der Waals surface area contributed by atoms with Gasteiger partial charge in [-0.15, -0.1) is 0 Å². The van der Waals surface area contributed by atoms with Crippen LogP contribution in [-0.2, 0) is 18.9 Å². The van der Waals surface area contributed by atoms with E-state index in [1.54, 1.807) is 38.4 Å². The third kappa shape index (κ3) is 5.93. The maximum atomic E-state index is 12.3. The van der Waals surface area contributed by atoms with Gasteiger partial charge >= 0.3 is 7.12 Å². The fourth-order valence-electron chi connectivity index (χ4n) is 4.92. The lowest BCUT2D eigenvalue weighted by Crippen LogP contribution is -2.41. The van der Waals surface area contributed by atoms with Gasteiger partial charge in [0.1, 0.15) is 6.54 Å². The highest BCUT2D eigenvalue weighted by atomic mass is 16.7. The average Bonchev–Trinajstić information content (AvgIpc) is 3.40. The van der Waals surface area contributed by atoms with Gasteiger partial charge in [0, 0.05) is 43.2 Å². The number of carbonyl (C=O) groups is 2. The maximum Gasteiger partial charge on any atom is 0.494 e. The highest BCUT2D eigenvalue weighted by Crippen LogP contribution is 2.37. The molecule has 1 aliphatic rings. The zero-order valence-corrected chi connectivity index (χ0v) is 25.6. The van der Waals surface area contributed by atoms with Crippen LogP contribution in [0.2, 0.25) is 0 Å². The van der Waals surface area contributed by atoms with Crippen molar-refractivity contribution in [1.29, 1.82) is 0 Å². The van der Waals surface area contributed by atoms with Gasteiger partial charge in [0.2, 0.25) is 11.8 Å². The molecule has 1 fully saturated rings. The van der Waals surface area contributed by atoms with E-state index in [1.807, 2.05) is 76.2 Å². The number of H-pyrrole nitrogens is 1. The molecule has 4 aromatic rings. The summed E-state index contributed by atoms with van der Waals surface area (Å²) in [7, 11) is 2.77. The molecule has 0 saturated carbocycles. The van der Waals surface area contributed by atoms with Crippen molar-refractivity contribution in [3.8, 4) is 5.88 Å². The third-order valence-electron chi connectivity index (χ3n) is 8.19. The lowest BCUT2D eigenvalue weighted by Gasteiger charge is -2.32. The SMILES string of the molecule is CC(=O)N(CC(=O)N(C)C)c1ccc(N=C(c2ccccc2)c2c(O)[nH]c3cc(B4OC(C)(C)C(C)(C)O4)ccc23)cc1. The van der Waals surface area contributed by atoms with Crippen LogP contribution in [0.3, 0.4) is 0 Å². The summed E-state index contributed by atoms with van der Waals surface area (Å²) < 4.78 is 12.5. The Morgan fingerprint density at radius 2 is 1.56 bits per heavy atom. The van der Waals surface area contributed by atoms with Crippen molar-refractivity contribution < 1.29 is 24.0 Å². The van der Waals surface area contributed by atoms with Gasteiger partial charge in [-0.05, 0) is 63.5 Å². The largest absolute Gasteiger partial charge is 0.494 e. The van der Waals surface area contributed by atoms with E-state index in [0.717, 1.165) is 21.9 Å². The number of likely N-dealkylation sites (N-methyl/N-ethyl adjacent to an activating group) is 1. The Bertz CT molecular complexity index is 1680. The fraction of sp³-hybridized carbons (Fsp3) is 0.303. The third-order valence-corrected chi connectivity index (χ3v) is 8.19. The van der Waals surface area contributed by atoms with E-state index in [0.29, 0.717) is 22.6 Å². The lowest BCUT2D eigenvalue weighted by atomic mass is 9.78. The van der Waals surface area contributed by atoms with E-state index >= 15 is 0 Å². The van der Waals surface area contributed by atoms with Crippen LogP contribution in [0.5, 0.6) is 5.88 Å². The summed E-state index contributed by atoms with van der Waals surface area (Å²) in [6.07, 6.45) is 0. The topological polar surface area (TPSA) is 107 Å². The molecule has 2 heterocycles. The van der Waals surface area contributed by atoms with Crippen molar-refractivity contribution >= 4 is 52.4 Å². The quantitative estimate of drug-likeness (QED) is 0.242. The first kappa shape index (κ1) is 30.1. The number of benzene rings is 3. The highest BCUT2D eigenvalue weighted by molar-refractivity contribution is 6.62. The van der Waals surface area contributed by atoms with Gasteiger partial charge in [0.25, 0.3) is 0 Å². The summed E-state index contributed by atoms with van der Waals surface area (Å²) in [6.45, 7) is 9.43. The Morgan fingerprint density at radius 3 is 2.14 bits per heavy atom. The van der Waals surface area contributed by atoms with Crippen molar-refractivity contribution in [1.82, 2.24) is 9.88 Å². The summed E-state index contributed by atoms with van der Waals surface area (Å²) >= 11 is 0. The number of nitrogens with one attached hydrogen (secondary N) is 1. The van der Waals surface area contributed by atoms with E-state index in [1.165, 1.54) is 16.7 Å². The summed E-state index contributed by atoms with van der Waals surface area (Å²) in [5.74, 6) is -0.426. The molecule has 1 aliphatic heterocycles. The van der Waals surface area contributed by atoms with Crippen molar-refractivity contribution in [2.24, 2.45) is 4.99 Å². The number of amides is 2. The van der Waals surface area contributed by atoms with Gasteiger partial charge in [-0.2, -0.15) is 0 Å². The predicted octanol–water partition coefficient (Wildman–Crippen LogP) is 4.78. The van der Waals surface area contributed by atoms with Crippen LogP contribution in [0.4, 0.5) is 11.4 Å².